The number of hydrogen-bond acceptors (Lipinski definition) is 6. The maximum atomic E-state index is 6.35. The molecule has 6 heteroatoms. The van der Waals surface area contributed by atoms with Crippen molar-refractivity contribution >= 4 is 21.6 Å². The highest BCUT2D eigenvalue weighted by Crippen LogP contribution is 2.37. The first kappa shape index (κ1) is 17.0. The summed E-state index contributed by atoms with van der Waals surface area (Å²) in [5.74, 6) is 0.661. The second-order valence-corrected chi connectivity index (χ2v) is 8.18. The Morgan fingerprint density at radius 1 is 1.08 bits per heavy atom. The van der Waals surface area contributed by atoms with Gasteiger partial charge in [0.1, 0.15) is 0 Å². The van der Waals surface area contributed by atoms with Gasteiger partial charge < -0.3 is 11.5 Å². The standard InChI is InChI=1S/C18H23N5S/c1-10(19)14(20)15-16-12(9-13(24-16)18(2,3)4)22-17(23-15)11-5-7-21-8-6-11/h5-10,14H,19-20H2,1-4H3. The summed E-state index contributed by atoms with van der Waals surface area (Å²) < 4.78 is 1.03. The lowest BCUT2D eigenvalue weighted by Gasteiger charge is -2.17. The zero-order valence-corrected chi connectivity index (χ0v) is 15.3. The Balaban J connectivity index is 2.26. The summed E-state index contributed by atoms with van der Waals surface area (Å²) in [7, 11) is 0. The molecule has 3 rings (SSSR count). The normalized spacial score (nSPS) is 14.8. The van der Waals surface area contributed by atoms with Crippen LogP contribution in [0.5, 0.6) is 0 Å². The number of fused-ring (bicyclic) bond motifs is 1. The van der Waals surface area contributed by atoms with Crippen LogP contribution in [-0.2, 0) is 5.41 Å². The summed E-state index contributed by atoms with van der Waals surface area (Å²) >= 11 is 1.71. The molecule has 0 bridgehead atoms. The minimum Gasteiger partial charge on any atom is -0.326 e. The predicted molar refractivity (Wildman–Crippen MR) is 99.9 cm³/mol. The van der Waals surface area contributed by atoms with Gasteiger partial charge in [0.2, 0.25) is 0 Å². The van der Waals surface area contributed by atoms with Crippen molar-refractivity contribution in [3.63, 3.8) is 0 Å². The molecule has 2 atom stereocenters. The molecule has 0 aliphatic carbocycles. The van der Waals surface area contributed by atoms with E-state index >= 15 is 0 Å². The van der Waals surface area contributed by atoms with E-state index < -0.39 is 0 Å². The van der Waals surface area contributed by atoms with E-state index in [1.165, 1.54) is 4.88 Å². The van der Waals surface area contributed by atoms with Gasteiger partial charge in [-0.2, -0.15) is 0 Å². The molecule has 0 spiro atoms. The predicted octanol–water partition coefficient (Wildman–Crippen LogP) is 3.40. The molecule has 3 aromatic rings. The van der Waals surface area contributed by atoms with Crippen LogP contribution in [0.2, 0.25) is 0 Å². The molecule has 3 heterocycles. The maximum absolute atomic E-state index is 6.35. The molecule has 0 aromatic carbocycles. The van der Waals surface area contributed by atoms with E-state index in [0.29, 0.717) is 5.82 Å². The van der Waals surface area contributed by atoms with Gasteiger partial charge in [0, 0.05) is 28.9 Å². The van der Waals surface area contributed by atoms with Gasteiger partial charge in [0.05, 0.1) is 22.0 Å². The lowest BCUT2D eigenvalue weighted by Crippen LogP contribution is -2.32. The number of hydrogen-bond donors (Lipinski definition) is 2. The maximum Gasteiger partial charge on any atom is 0.160 e. The molecule has 0 fully saturated rings. The first-order chi connectivity index (χ1) is 11.3. The Labute approximate surface area is 146 Å². The fourth-order valence-corrected chi connectivity index (χ4v) is 3.62. The molecular formula is C18H23N5S. The third-order valence-corrected chi connectivity index (χ3v) is 5.53. The highest BCUT2D eigenvalue weighted by atomic mass is 32.1. The molecule has 0 amide bonds. The van der Waals surface area contributed by atoms with Crippen LogP contribution in [0, 0.1) is 0 Å². The summed E-state index contributed by atoms with van der Waals surface area (Å²) in [6.07, 6.45) is 3.48. The first-order valence-corrected chi connectivity index (χ1v) is 8.82. The minimum absolute atomic E-state index is 0.0535. The van der Waals surface area contributed by atoms with E-state index in [4.69, 9.17) is 21.4 Å². The van der Waals surface area contributed by atoms with Crippen LogP contribution in [0.4, 0.5) is 0 Å². The van der Waals surface area contributed by atoms with Crippen molar-refractivity contribution in [1.82, 2.24) is 15.0 Å². The van der Waals surface area contributed by atoms with Crippen molar-refractivity contribution in [2.75, 3.05) is 0 Å². The van der Waals surface area contributed by atoms with E-state index in [1.54, 1.807) is 23.7 Å². The van der Waals surface area contributed by atoms with Crippen LogP contribution in [0.3, 0.4) is 0 Å². The van der Waals surface area contributed by atoms with Crippen molar-refractivity contribution in [1.29, 1.82) is 0 Å². The number of aromatic nitrogens is 3. The van der Waals surface area contributed by atoms with Gasteiger partial charge in [-0.25, -0.2) is 9.97 Å². The molecule has 24 heavy (non-hydrogen) atoms. The van der Waals surface area contributed by atoms with Crippen LogP contribution in [0.1, 0.15) is 44.3 Å². The summed E-state index contributed by atoms with van der Waals surface area (Å²) in [4.78, 5) is 14.8. The first-order valence-electron chi connectivity index (χ1n) is 8.01. The highest BCUT2D eigenvalue weighted by molar-refractivity contribution is 7.19. The van der Waals surface area contributed by atoms with Gasteiger partial charge in [-0.15, -0.1) is 11.3 Å². The Hall–Kier alpha value is -1.89. The zero-order chi connectivity index (χ0) is 17.5. The average Bonchev–Trinajstić information content (AvgIpc) is 2.98. The second kappa shape index (κ2) is 6.20. The minimum atomic E-state index is -0.331. The summed E-state index contributed by atoms with van der Waals surface area (Å²) in [6, 6.07) is 5.43. The van der Waals surface area contributed by atoms with E-state index in [1.807, 2.05) is 19.1 Å². The lowest BCUT2D eigenvalue weighted by molar-refractivity contribution is 0.579. The summed E-state index contributed by atoms with van der Waals surface area (Å²) in [6.45, 7) is 8.49. The topological polar surface area (TPSA) is 90.7 Å². The van der Waals surface area contributed by atoms with Crippen molar-refractivity contribution in [2.45, 2.75) is 45.2 Å². The Bertz CT molecular complexity index is 849. The Morgan fingerprint density at radius 3 is 2.33 bits per heavy atom. The molecule has 2 unspecified atom stereocenters. The van der Waals surface area contributed by atoms with Gasteiger partial charge in [0.15, 0.2) is 5.82 Å². The van der Waals surface area contributed by atoms with Crippen LogP contribution < -0.4 is 11.5 Å². The Morgan fingerprint density at radius 2 is 1.75 bits per heavy atom. The number of nitrogens with two attached hydrogens (primary N) is 2. The van der Waals surface area contributed by atoms with E-state index in [2.05, 4.69) is 31.8 Å². The number of nitrogens with zero attached hydrogens (tertiary/aromatic N) is 3. The lowest BCUT2D eigenvalue weighted by atomic mass is 9.95. The van der Waals surface area contributed by atoms with Crippen molar-refractivity contribution in [3.05, 3.63) is 41.2 Å². The molecule has 0 aliphatic heterocycles. The van der Waals surface area contributed by atoms with Crippen LogP contribution in [-0.4, -0.2) is 21.0 Å². The average molecular weight is 341 g/mol. The fourth-order valence-electron chi connectivity index (χ4n) is 2.43. The van der Waals surface area contributed by atoms with E-state index in [0.717, 1.165) is 21.5 Å². The van der Waals surface area contributed by atoms with Crippen molar-refractivity contribution in [2.24, 2.45) is 11.5 Å². The second-order valence-electron chi connectivity index (χ2n) is 7.13. The molecular weight excluding hydrogens is 318 g/mol. The van der Waals surface area contributed by atoms with Crippen LogP contribution in [0.25, 0.3) is 21.6 Å². The van der Waals surface area contributed by atoms with Crippen molar-refractivity contribution in [3.8, 4) is 11.4 Å². The monoisotopic (exact) mass is 341 g/mol. The molecule has 0 aliphatic rings. The zero-order valence-electron chi connectivity index (χ0n) is 14.4. The van der Waals surface area contributed by atoms with Crippen LogP contribution in [0.15, 0.2) is 30.6 Å². The third kappa shape index (κ3) is 3.17. The van der Waals surface area contributed by atoms with Gasteiger partial charge >= 0.3 is 0 Å². The molecule has 3 aromatic heterocycles. The quantitative estimate of drug-likeness (QED) is 0.762. The molecule has 0 saturated carbocycles. The molecule has 0 radical (unpaired) electrons. The fraction of sp³-hybridized carbons (Fsp3) is 0.389. The summed E-state index contributed by atoms with van der Waals surface area (Å²) in [5.41, 5.74) is 15.1. The van der Waals surface area contributed by atoms with Gasteiger partial charge in [-0.3, -0.25) is 4.98 Å². The third-order valence-electron chi connectivity index (χ3n) is 3.96. The highest BCUT2D eigenvalue weighted by Gasteiger charge is 2.23. The van der Waals surface area contributed by atoms with Gasteiger partial charge in [0.25, 0.3) is 0 Å². The molecule has 5 nitrogen and oxygen atoms in total. The van der Waals surface area contributed by atoms with E-state index in [9.17, 15) is 0 Å². The van der Waals surface area contributed by atoms with Gasteiger partial charge in [-0.05, 0) is 30.5 Å². The van der Waals surface area contributed by atoms with Crippen LogP contribution >= 0.6 is 11.3 Å². The van der Waals surface area contributed by atoms with E-state index in [-0.39, 0.29) is 17.5 Å². The molecule has 126 valence electrons. The van der Waals surface area contributed by atoms with Crippen molar-refractivity contribution < 1.29 is 0 Å². The SMILES string of the molecule is CC(N)C(N)c1nc(-c2ccncc2)nc2cc(C(C)(C)C)sc12. The molecule has 4 N–H and O–H groups in total. The number of thiophene rings is 1. The Kier molecular flexibility index (Phi) is 4.38. The molecule has 0 saturated heterocycles. The number of pyridine rings is 1. The largest absolute Gasteiger partial charge is 0.326 e. The smallest absolute Gasteiger partial charge is 0.160 e. The van der Waals surface area contributed by atoms with Gasteiger partial charge in [-0.1, -0.05) is 20.8 Å². The number of rotatable bonds is 3. The summed E-state index contributed by atoms with van der Waals surface area (Å²) in [5, 5.41) is 0.